The second kappa shape index (κ2) is 11.0. The van der Waals surface area contributed by atoms with Crippen molar-refractivity contribution < 1.29 is 38.4 Å². The van der Waals surface area contributed by atoms with Gasteiger partial charge < -0.3 is 33.7 Å². The van der Waals surface area contributed by atoms with E-state index in [1.807, 2.05) is 19.9 Å². The number of carbonyl (C=O) groups is 2. The van der Waals surface area contributed by atoms with Crippen LogP contribution in [0.4, 0.5) is 0 Å². The summed E-state index contributed by atoms with van der Waals surface area (Å²) in [5.41, 5.74) is 1.60. The number of amides is 1. The fourth-order valence-corrected chi connectivity index (χ4v) is 4.81. The highest BCUT2D eigenvalue weighted by Crippen LogP contribution is 2.43. The fraction of sp³-hybridized carbons (Fsp3) is 0.267. The summed E-state index contributed by atoms with van der Waals surface area (Å²) in [4.78, 5) is 28.4. The molecule has 0 aliphatic carbocycles. The molecule has 0 aromatic heterocycles. The molecule has 3 aromatic rings. The number of hydrogen-bond acceptors (Lipinski definition) is 8. The second-order valence-corrected chi connectivity index (χ2v) is 8.92. The molecule has 1 unspecified atom stereocenters. The molecule has 2 heterocycles. The van der Waals surface area contributed by atoms with Crippen molar-refractivity contribution in [2.75, 3.05) is 27.1 Å². The first-order valence-corrected chi connectivity index (χ1v) is 12.7. The van der Waals surface area contributed by atoms with Crippen molar-refractivity contribution in [3.63, 3.8) is 0 Å². The number of nitrogens with zero attached hydrogens (tertiary/aromatic N) is 1. The minimum Gasteiger partial charge on any atom is -0.507 e. The molecule has 0 saturated carbocycles. The van der Waals surface area contributed by atoms with Gasteiger partial charge in [0.15, 0.2) is 11.5 Å². The smallest absolute Gasteiger partial charge is 0.295 e. The van der Waals surface area contributed by atoms with Crippen LogP contribution in [0.3, 0.4) is 0 Å². The maximum absolute atomic E-state index is 13.5. The molecule has 0 bridgehead atoms. The van der Waals surface area contributed by atoms with Crippen molar-refractivity contribution in [1.82, 2.24) is 4.90 Å². The third kappa shape index (κ3) is 4.95. The lowest BCUT2D eigenvalue weighted by molar-refractivity contribution is -0.140. The van der Waals surface area contributed by atoms with Gasteiger partial charge in [0.05, 0.1) is 37.5 Å². The Morgan fingerprint density at radius 2 is 1.74 bits per heavy atom. The van der Waals surface area contributed by atoms with E-state index in [-0.39, 0.29) is 30.2 Å². The van der Waals surface area contributed by atoms with Crippen LogP contribution in [0.25, 0.3) is 5.76 Å². The lowest BCUT2D eigenvalue weighted by Gasteiger charge is -2.26. The lowest BCUT2D eigenvalue weighted by Crippen LogP contribution is -2.29. The number of likely N-dealkylation sites (tertiary alicyclic amines) is 1. The predicted molar refractivity (Wildman–Crippen MR) is 142 cm³/mol. The van der Waals surface area contributed by atoms with E-state index in [0.29, 0.717) is 47.5 Å². The molecular formula is C30H29NO8. The molecule has 5 rings (SSSR count). The van der Waals surface area contributed by atoms with Crippen molar-refractivity contribution in [3.05, 3.63) is 82.9 Å². The fourth-order valence-electron chi connectivity index (χ4n) is 4.81. The molecule has 1 saturated heterocycles. The molecular weight excluding hydrogens is 502 g/mol. The number of benzene rings is 3. The van der Waals surface area contributed by atoms with Gasteiger partial charge in [0, 0.05) is 12.6 Å². The Hall–Kier alpha value is -4.66. The van der Waals surface area contributed by atoms with Gasteiger partial charge in [-0.1, -0.05) is 18.2 Å². The van der Waals surface area contributed by atoms with E-state index in [4.69, 9.17) is 23.7 Å². The molecule has 0 spiro atoms. The van der Waals surface area contributed by atoms with Crippen LogP contribution in [0, 0.1) is 0 Å². The summed E-state index contributed by atoms with van der Waals surface area (Å²) in [5.74, 6) is 0.778. The highest BCUT2D eigenvalue weighted by Gasteiger charge is 2.46. The summed E-state index contributed by atoms with van der Waals surface area (Å²) < 4.78 is 27.7. The van der Waals surface area contributed by atoms with E-state index in [9.17, 15) is 14.7 Å². The van der Waals surface area contributed by atoms with Crippen LogP contribution in [0.15, 0.2) is 66.2 Å². The van der Waals surface area contributed by atoms with Gasteiger partial charge in [-0.2, -0.15) is 0 Å². The summed E-state index contributed by atoms with van der Waals surface area (Å²) >= 11 is 0. The standard InChI is InChI=1S/C30H29NO8/c1-4-36-21-10-11-22(24(15-21)37-5-2)28(32)26-27(19-7-6-8-20(14-19)35-3)31(30(34)29(26)33)16-18-9-12-23-25(13-18)39-17-38-23/h6-15,27,32H,4-5,16-17H2,1-3H3/b28-26+. The third-order valence-electron chi connectivity index (χ3n) is 6.56. The van der Waals surface area contributed by atoms with Crippen LogP contribution in [-0.2, 0) is 16.1 Å². The molecule has 9 heteroatoms. The number of fused-ring (bicyclic) bond motifs is 1. The zero-order valence-corrected chi connectivity index (χ0v) is 21.9. The van der Waals surface area contributed by atoms with Gasteiger partial charge >= 0.3 is 0 Å². The molecule has 39 heavy (non-hydrogen) atoms. The van der Waals surface area contributed by atoms with Crippen LogP contribution >= 0.6 is 0 Å². The number of hydrogen-bond donors (Lipinski definition) is 1. The maximum atomic E-state index is 13.5. The predicted octanol–water partition coefficient (Wildman–Crippen LogP) is 4.84. The topological polar surface area (TPSA) is 104 Å². The van der Waals surface area contributed by atoms with Gasteiger partial charge in [-0.25, -0.2) is 0 Å². The molecule has 1 amide bonds. The lowest BCUT2D eigenvalue weighted by atomic mass is 9.94. The molecule has 0 radical (unpaired) electrons. The van der Waals surface area contributed by atoms with Gasteiger partial charge in [-0.3, -0.25) is 9.59 Å². The van der Waals surface area contributed by atoms with Crippen molar-refractivity contribution >= 4 is 17.4 Å². The van der Waals surface area contributed by atoms with Crippen LogP contribution in [-0.4, -0.2) is 48.8 Å². The van der Waals surface area contributed by atoms with E-state index in [0.717, 1.165) is 5.56 Å². The molecule has 3 aromatic carbocycles. The summed E-state index contributed by atoms with van der Waals surface area (Å²) in [6.45, 7) is 4.69. The molecule has 2 aliphatic rings. The highest BCUT2D eigenvalue weighted by molar-refractivity contribution is 6.46. The molecule has 1 fully saturated rings. The Labute approximate surface area is 226 Å². The summed E-state index contributed by atoms with van der Waals surface area (Å²) in [5, 5.41) is 11.6. The van der Waals surface area contributed by atoms with E-state index < -0.39 is 17.7 Å². The van der Waals surface area contributed by atoms with Crippen molar-refractivity contribution in [3.8, 4) is 28.7 Å². The Morgan fingerprint density at radius 3 is 2.51 bits per heavy atom. The van der Waals surface area contributed by atoms with E-state index >= 15 is 0 Å². The van der Waals surface area contributed by atoms with Crippen molar-refractivity contribution in [2.45, 2.75) is 26.4 Å². The SMILES string of the molecule is CCOc1ccc(/C(O)=C2\C(=O)C(=O)N(Cc3ccc4c(c3)OCO4)C2c2cccc(OC)c2)c(OCC)c1. The van der Waals surface area contributed by atoms with E-state index in [2.05, 4.69) is 0 Å². The summed E-state index contributed by atoms with van der Waals surface area (Å²) in [7, 11) is 1.54. The highest BCUT2D eigenvalue weighted by atomic mass is 16.7. The minimum absolute atomic E-state index is 0.0425. The van der Waals surface area contributed by atoms with Crippen LogP contribution in [0.1, 0.15) is 36.6 Å². The monoisotopic (exact) mass is 531 g/mol. The van der Waals surface area contributed by atoms with Gasteiger partial charge in [0.2, 0.25) is 6.79 Å². The second-order valence-electron chi connectivity index (χ2n) is 8.92. The number of methoxy groups -OCH3 is 1. The van der Waals surface area contributed by atoms with E-state index in [1.54, 1.807) is 54.6 Å². The first kappa shape index (κ1) is 26.0. The normalized spacial score (nSPS) is 17.4. The minimum atomic E-state index is -0.883. The summed E-state index contributed by atoms with van der Waals surface area (Å²) in [6, 6.07) is 16.5. The molecule has 1 N–H and O–H groups in total. The maximum Gasteiger partial charge on any atom is 0.295 e. The summed E-state index contributed by atoms with van der Waals surface area (Å²) in [6.07, 6.45) is 0. The Kier molecular flexibility index (Phi) is 7.31. The largest absolute Gasteiger partial charge is 0.507 e. The van der Waals surface area contributed by atoms with Crippen LogP contribution < -0.4 is 23.7 Å². The zero-order chi connectivity index (χ0) is 27.5. The van der Waals surface area contributed by atoms with Crippen molar-refractivity contribution in [2.24, 2.45) is 0 Å². The van der Waals surface area contributed by atoms with Gasteiger partial charge in [-0.15, -0.1) is 0 Å². The number of aliphatic hydroxyl groups excluding tert-OH is 1. The Balaban J connectivity index is 1.64. The van der Waals surface area contributed by atoms with E-state index in [1.165, 1.54) is 12.0 Å². The number of rotatable bonds is 9. The zero-order valence-electron chi connectivity index (χ0n) is 21.9. The van der Waals surface area contributed by atoms with Crippen LogP contribution in [0.2, 0.25) is 0 Å². The van der Waals surface area contributed by atoms with Crippen molar-refractivity contribution in [1.29, 1.82) is 0 Å². The molecule has 1 atom stereocenters. The quantitative estimate of drug-likeness (QED) is 0.238. The number of ether oxygens (including phenoxy) is 5. The first-order chi connectivity index (χ1) is 18.9. The molecule has 2 aliphatic heterocycles. The Bertz CT molecular complexity index is 1450. The molecule has 9 nitrogen and oxygen atoms in total. The van der Waals surface area contributed by atoms with Gasteiger partial charge in [0.1, 0.15) is 23.0 Å². The molecule has 202 valence electrons. The first-order valence-electron chi connectivity index (χ1n) is 12.7. The average molecular weight is 532 g/mol. The average Bonchev–Trinajstić information content (AvgIpc) is 3.51. The number of carbonyl (C=O) groups excluding carboxylic acids is 2. The number of Topliss-reactive ketones (excluding diaryl/α,β-unsaturated/α-hetero) is 1. The number of ketones is 1. The van der Waals surface area contributed by atoms with Gasteiger partial charge in [0.25, 0.3) is 11.7 Å². The third-order valence-corrected chi connectivity index (χ3v) is 6.56. The number of aliphatic hydroxyl groups is 1. The Morgan fingerprint density at radius 1 is 0.949 bits per heavy atom. The van der Waals surface area contributed by atoms with Gasteiger partial charge in [-0.05, 0) is 61.4 Å². The van der Waals surface area contributed by atoms with Crippen LogP contribution in [0.5, 0.6) is 28.7 Å².